The Kier molecular flexibility index (Phi) is 5.84. The third-order valence-electron chi connectivity index (χ3n) is 2.83. The Morgan fingerprint density at radius 1 is 1.09 bits per heavy atom. The molecule has 4 nitrogen and oxygen atoms in total. The molecule has 3 N–H and O–H groups in total. The van der Waals surface area contributed by atoms with Gasteiger partial charge in [0.1, 0.15) is 11.6 Å². The number of amides is 1. The average molecular weight is 356 g/mol. The van der Waals surface area contributed by atoms with Gasteiger partial charge in [-0.25, -0.2) is 8.78 Å². The summed E-state index contributed by atoms with van der Waals surface area (Å²) in [4.78, 5) is 11.8. The first-order chi connectivity index (χ1) is 11.0. The van der Waals surface area contributed by atoms with Crippen molar-refractivity contribution < 1.29 is 13.6 Å². The number of hydrazine groups is 1. The highest BCUT2D eigenvalue weighted by Crippen LogP contribution is 2.14. The van der Waals surface area contributed by atoms with Crippen LogP contribution < -0.4 is 16.2 Å². The quantitative estimate of drug-likeness (QED) is 0.585. The summed E-state index contributed by atoms with van der Waals surface area (Å²) in [6.07, 6.45) is 0. The third kappa shape index (κ3) is 5.15. The number of carbonyl (C=O) groups is 1. The molecule has 120 valence electrons. The van der Waals surface area contributed by atoms with E-state index in [2.05, 4.69) is 16.2 Å². The summed E-state index contributed by atoms with van der Waals surface area (Å²) in [5.74, 6) is -1.74. The van der Waals surface area contributed by atoms with Crippen molar-refractivity contribution in [3.8, 4) is 0 Å². The summed E-state index contributed by atoms with van der Waals surface area (Å²) >= 11 is 10.7. The topological polar surface area (TPSA) is 53.2 Å². The van der Waals surface area contributed by atoms with Crippen molar-refractivity contribution in [2.24, 2.45) is 0 Å². The minimum atomic E-state index is -0.712. The second-order valence-electron chi connectivity index (χ2n) is 4.51. The standard InChI is InChI=1S/C15H12ClF2N3OS/c16-10-3-6-13(18)12(7-10)14(22)20-21-15(23)19-8-9-1-4-11(17)5-2-9/h1-7H,8H2,(H,20,22)(H2,19,21,23). The van der Waals surface area contributed by atoms with Crippen molar-refractivity contribution in [2.75, 3.05) is 0 Å². The van der Waals surface area contributed by atoms with Gasteiger partial charge in [0.2, 0.25) is 0 Å². The molecule has 8 heteroatoms. The average Bonchev–Trinajstić information content (AvgIpc) is 2.54. The van der Waals surface area contributed by atoms with E-state index in [-0.39, 0.29) is 21.5 Å². The van der Waals surface area contributed by atoms with Crippen LogP contribution in [-0.4, -0.2) is 11.0 Å². The van der Waals surface area contributed by atoms with E-state index in [4.69, 9.17) is 23.8 Å². The molecular formula is C15H12ClF2N3OS. The van der Waals surface area contributed by atoms with Crippen molar-refractivity contribution >= 4 is 34.8 Å². The lowest BCUT2D eigenvalue weighted by molar-refractivity contribution is 0.0939. The maximum Gasteiger partial charge on any atom is 0.272 e. The van der Waals surface area contributed by atoms with E-state index < -0.39 is 11.7 Å². The normalized spacial score (nSPS) is 10.0. The molecule has 0 radical (unpaired) electrons. The second-order valence-corrected chi connectivity index (χ2v) is 5.36. The number of hydrogen-bond acceptors (Lipinski definition) is 2. The Labute approximate surface area is 141 Å². The van der Waals surface area contributed by atoms with Crippen molar-refractivity contribution in [1.29, 1.82) is 0 Å². The molecule has 0 aliphatic rings. The smallest absolute Gasteiger partial charge is 0.272 e. The zero-order valence-electron chi connectivity index (χ0n) is 11.7. The highest BCUT2D eigenvalue weighted by molar-refractivity contribution is 7.80. The molecule has 0 bridgehead atoms. The summed E-state index contributed by atoms with van der Waals surface area (Å²) in [5.41, 5.74) is 5.31. The predicted molar refractivity (Wildman–Crippen MR) is 87.8 cm³/mol. The van der Waals surface area contributed by atoms with Gasteiger partial charge in [-0.05, 0) is 48.1 Å². The Hall–Kier alpha value is -2.25. The van der Waals surface area contributed by atoms with Crippen LogP contribution in [0.25, 0.3) is 0 Å². The summed E-state index contributed by atoms with van der Waals surface area (Å²) in [6.45, 7) is 0.341. The van der Waals surface area contributed by atoms with Crippen molar-refractivity contribution in [2.45, 2.75) is 6.54 Å². The number of carbonyl (C=O) groups excluding carboxylic acids is 1. The molecule has 2 aromatic rings. The monoisotopic (exact) mass is 355 g/mol. The molecule has 0 unspecified atom stereocenters. The van der Waals surface area contributed by atoms with Crippen LogP contribution in [0.2, 0.25) is 5.02 Å². The maximum atomic E-state index is 13.5. The van der Waals surface area contributed by atoms with Crippen LogP contribution in [0.5, 0.6) is 0 Å². The number of thiocarbonyl (C=S) groups is 1. The Bertz CT molecular complexity index is 725. The predicted octanol–water partition coefficient (Wildman–Crippen LogP) is 2.93. The fourth-order valence-electron chi connectivity index (χ4n) is 1.68. The fraction of sp³-hybridized carbons (Fsp3) is 0.0667. The Balaban J connectivity index is 1.83. The highest BCUT2D eigenvalue weighted by Gasteiger charge is 2.12. The molecule has 0 fully saturated rings. The van der Waals surface area contributed by atoms with Gasteiger partial charge in [0, 0.05) is 11.6 Å². The first-order valence-electron chi connectivity index (χ1n) is 6.49. The molecule has 0 aliphatic carbocycles. The maximum absolute atomic E-state index is 13.5. The lowest BCUT2D eigenvalue weighted by atomic mass is 10.2. The van der Waals surface area contributed by atoms with Crippen LogP contribution in [0.1, 0.15) is 15.9 Å². The minimum Gasteiger partial charge on any atom is -0.357 e. The van der Waals surface area contributed by atoms with Crippen LogP contribution in [0, 0.1) is 11.6 Å². The van der Waals surface area contributed by atoms with Gasteiger partial charge in [0.25, 0.3) is 5.91 Å². The van der Waals surface area contributed by atoms with Gasteiger partial charge in [-0.3, -0.25) is 15.6 Å². The molecular weight excluding hydrogens is 344 g/mol. The van der Waals surface area contributed by atoms with E-state index in [1.807, 2.05) is 0 Å². The first-order valence-corrected chi connectivity index (χ1v) is 7.28. The van der Waals surface area contributed by atoms with Crippen LogP contribution in [0.4, 0.5) is 8.78 Å². The lowest BCUT2D eigenvalue weighted by Gasteiger charge is -2.12. The van der Waals surface area contributed by atoms with Crippen molar-refractivity contribution in [1.82, 2.24) is 16.2 Å². The summed E-state index contributed by atoms with van der Waals surface area (Å²) < 4.78 is 26.3. The van der Waals surface area contributed by atoms with Gasteiger partial charge in [-0.1, -0.05) is 23.7 Å². The molecule has 0 aromatic heterocycles. The molecule has 0 aliphatic heterocycles. The summed E-state index contributed by atoms with van der Waals surface area (Å²) in [7, 11) is 0. The molecule has 0 heterocycles. The Morgan fingerprint density at radius 2 is 1.78 bits per heavy atom. The van der Waals surface area contributed by atoms with E-state index in [1.165, 1.54) is 24.3 Å². The molecule has 0 atom stereocenters. The number of rotatable bonds is 3. The zero-order chi connectivity index (χ0) is 16.8. The van der Waals surface area contributed by atoms with Crippen LogP contribution in [0.3, 0.4) is 0 Å². The summed E-state index contributed by atoms with van der Waals surface area (Å²) in [5, 5.41) is 3.19. The molecule has 0 saturated carbocycles. The zero-order valence-corrected chi connectivity index (χ0v) is 13.3. The van der Waals surface area contributed by atoms with Crippen LogP contribution >= 0.6 is 23.8 Å². The molecule has 2 aromatic carbocycles. The van der Waals surface area contributed by atoms with Gasteiger partial charge in [-0.15, -0.1) is 0 Å². The molecule has 23 heavy (non-hydrogen) atoms. The third-order valence-corrected chi connectivity index (χ3v) is 3.31. The number of halogens is 3. The molecule has 1 amide bonds. The van der Waals surface area contributed by atoms with Crippen molar-refractivity contribution in [3.05, 3.63) is 70.2 Å². The second kappa shape index (κ2) is 7.85. The van der Waals surface area contributed by atoms with Gasteiger partial charge < -0.3 is 5.32 Å². The number of benzene rings is 2. The van der Waals surface area contributed by atoms with Gasteiger partial charge in [0.15, 0.2) is 5.11 Å². The van der Waals surface area contributed by atoms with Crippen LogP contribution in [0.15, 0.2) is 42.5 Å². The largest absolute Gasteiger partial charge is 0.357 e. The van der Waals surface area contributed by atoms with Crippen LogP contribution in [-0.2, 0) is 6.54 Å². The molecule has 0 saturated heterocycles. The van der Waals surface area contributed by atoms with E-state index in [0.29, 0.717) is 6.54 Å². The SMILES string of the molecule is O=C(NNC(=S)NCc1ccc(F)cc1)c1cc(Cl)ccc1F. The van der Waals surface area contributed by atoms with E-state index in [9.17, 15) is 13.6 Å². The minimum absolute atomic E-state index is 0.130. The highest BCUT2D eigenvalue weighted by atomic mass is 35.5. The van der Waals surface area contributed by atoms with E-state index >= 15 is 0 Å². The molecule has 0 spiro atoms. The first kappa shape index (κ1) is 17.1. The van der Waals surface area contributed by atoms with Crippen molar-refractivity contribution in [3.63, 3.8) is 0 Å². The number of nitrogens with one attached hydrogen (secondary N) is 3. The summed E-state index contributed by atoms with van der Waals surface area (Å²) in [6, 6.07) is 9.52. The van der Waals surface area contributed by atoms with Gasteiger partial charge in [0.05, 0.1) is 5.56 Å². The van der Waals surface area contributed by atoms with Gasteiger partial charge in [-0.2, -0.15) is 0 Å². The van der Waals surface area contributed by atoms with E-state index in [0.717, 1.165) is 11.6 Å². The molecule has 2 rings (SSSR count). The van der Waals surface area contributed by atoms with Gasteiger partial charge >= 0.3 is 0 Å². The Morgan fingerprint density at radius 3 is 2.48 bits per heavy atom. The fourth-order valence-corrected chi connectivity index (χ4v) is 1.98. The lowest BCUT2D eigenvalue weighted by Crippen LogP contribution is -2.46. The number of hydrogen-bond donors (Lipinski definition) is 3. The van der Waals surface area contributed by atoms with E-state index in [1.54, 1.807) is 12.1 Å².